The van der Waals surface area contributed by atoms with Crippen LogP contribution in [0, 0.1) is 0 Å². The van der Waals surface area contributed by atoms with Crippen molar-refractivity contribution < 1.29 is 4.74 Å². The van der Waals surface area contributed by atoms with E-state index in [1.54, 1.807) is 0 Å². The van der Waals surface area contributed by atoms with E-state index >= 15 is 0 Å². The maximum absolute atomic E-state index is 5.84. The summed E-state index contributed by atoms with van der Waals surface area (Å²) in [7, 11) is 1.89. The highest BCUT2D eigenvalue weighted by molar-refractivity contribution is 5.55. The molecule has 0 aliphatic heterocycles. The molecule has 0 spiro atoms. The van der Waals surface area contributed by atoms with Crippen molar-refractivity contribution in [3.05, 3.63) is 18.0 Å². The van der Waals surface area contributed by atoms with Crippen molar-refractivity contribution in [1.29, 1.82) is 0 Å². The Labute approximate surface area is 90.9 Å². The number of anilines is 1. The van der Waals surface area contributed by atoms with Gasteiger partial charge in [-0.15, -0.1) is 0 Å². The summed E-state index contributed by atoms with van der Waals surface area (Å²) >= 11 is 0. The van der Waals surface area contributed by atoms with E-state index < -0.39 is 0 Å². The Morgan fingerprint density at radius 1 is 1.47 bits per heavy atom. The minimum Gasteiger partial charge on any atom is -0.488 e. The second kappa shape index (κ2) is 4.09. The monoisotopic (exact) mass is 206 g/mol. The van der Waals surface area contributed by atoms with Crippen molar-refractivity contribution in [2.45, 2.75) is 38.7 Å². The Morgan fingerprint density at radius 3 is 2.73 bits per heavy atom. The molecule has 1 aromatic heterocycles. The summed E-state index contributed by atoms with van der Waals surface area (Å²) in [4.78, 5) is 4.39. The van der Waals surface area contributed by atoms with Crippen LogP contribution in [-0.2, 0) is 0 Å². The summed E-state index contributed by atoms with van der Waals surface area (Å²) in [5.74, 6) is 1.39. The lowest BCUT2D eigenvalue weighted by Crippen LogP contribution is -2.03. The van der Waals surface area contributed by atoms with Gasteiger partial charge in [0.05, 0.1) is 18.0 Å². The van der Waals surface area contributed by atoms with Gasteiger partial charge in [-0.05, 0) is 18.8 Å². The first-order valence-electron chi connectivity index (χ1n) is 5.55. The lowest BCUT2D eigenvalue weighted by Gasteiger charge is -2.13. The number of ether oxygens (including phenoxy) is 1. The largest absolute Gasteiger partial charge is 0.488 e. The van der Waals surface area contributed by atoms with Gasteiger partial charge < -0.3 is 10.1 Å². The first-order chi connectivity index (χ1) is 7.20. The fraction of sp³-hybridized carbons (Fsp3) is 0.583. The molecule has 0 aromatic carbocycles. The summed E-state index contributed by atoms with van der Waals surface area (Å²) in [6.07, 6.45) is 4.65. The fourth-order valence-corrected chi connectivity index (χ4v) is 1.42. The van der Waals surface area contributed by atoms with Gasteiger partial charge in [0.25, 0.3) is 0 Å². The SMILES string of the molecule is CNc1cnc(C(C)C)cc1OC1CC1. The average Bonchev–Trinajstić information content (AvgIpc) is 3.01. The Kier molecular flexibility index (Phi) is 2.80. The standard InChI is InChI=1S/C12H18N2O/c1-8(2)10-6-12(15-9-4-5-9)11(13-3)7-14-10/h6-9,13H,4-5H2,1-3H3. The quantitative estimate of drug-likeness (QED) is 0.822. The molecule has 1 N–H and O–H groups in total. The number of aromatic nitrogens is 1. The zero-order valence-electron chi connectivity index (χ0n) is 9.58. The molecule has 1 aliphatic rings. The third-order valence-corrected chi connectivity index (χ3v) is 2.57. The molecule has 0 radical (unpaired) electrons. The highest BCUT2D eigenvalue weighted by Gasteiger charge is 2.24. The predicted molar refractivity (Wildman–Crippen MR) is 61.5 cm³/mol. The first kappa shape index (κ1) is 10.3. The van der Waals surface area contributed by atoms with E-state index in [1.807, 2.05) is 13.2 Å². The van der Waals surface area contributed by atoms with E-state index in [0.29, 0.717) is 12.0 Å². The lowest BCUT2D eigenvalue weighted by atomic mass is 10.1. The maximum atomic E-state index is 5.84. The number of nitrogens with one attached hydrogen (secondary N) is 1. The molecular weight excluding hydrogens is 188 g/mol. The third kappa shape index (κ3) is 2.41. The number of pyridine rings is 1. The van der Waals surface area contributed by atoms with Gasteiger partial charge in [0, 0.05) is 18.8 Å². The van der Waals surface area contributed by atoms with Crippen molar-refractivity contribution in [3.8, 4) is 5.75 Å². The average molecular weight is 206 g/mol. The summed E-state index contributed by atoms with van der Waals surface area (Å²) in [5.41, 5.74) is 2.07. The number of hydrogen-bond acceptors (Lipinski definition) is 3. The van der Waals surface area contributed by atoms with E-state index in [0.717, 1.165) is 17.1 Å². The predicted octanol–water partition coefficient (Wildman–Crippen LogP) is 2.79. The molecule has 0 bridgehead atoms. The van der Waals surface area contributed by atoms with Crippen LogP contribution < -0.4 is 10.1 Å². The van der Waals surface area contributed by atoms with Crippen molar-refractivity contribution in [3.63, 3.8) is 0 Å². The molecule has 82 valence electrons. The molecule has 15 heavy (non-hydrogen) atoms. The minimum absolute atomic E-state index is 0.430. The van der Waals surface area contributed by atoms with Crippen LogP contribution in [0.3, 0.4) is 0 Å². The van der Waals surface area contributed by atoms with Crippen molar-refractivity contribution in [2.24, 2.45) is 0 Å². The van der Waals surface area contributed by atoms with Crippen molar-refractivity contribution in [2.75, 3.05) is 12.4 Å². The summed E-state index contributed by atoms with van der Waals surface area (Å²) in [6.45, 7) is 4.28. The van der Waals surface area contributed by atoms with E-state index in [1.165, 1.54) is 12.8 Å². The molecule has 1 saturated carbocycles. The Morgan fingerprint density at radius 2 is 2.20 bits per heavy atom. The number of rotatable bonds is 4. The lowest BCUT2D eigenvalue weighted by molar-refractivity contribution is 0.304. The van der Waals surface area contributed by atoms with Gasteiger partial charge in [0.15, 0.2) is 0 Å². The number of hydrogen-bond donors (Lipinski definition) is 1. The van der Waals surface area contributed by atoms with E-state index in [9.17, 15) is 0 Å². The van der Waals surface area contributed by atoms with E-state index in [2.05, 4.69) is 30.2 Å². The van der Waals surface area contributed by atoms with Crippen molar-refractivity contribution >= 4 is 5.69 Å². The molecule has 0 unspecified atom stereocenters. The maximum Gasteiger partial charge on any atom is 0.146 e. The Bertz CT molecular complexity index is 345. The second-order valence-electron chi connectivity index (χ2n) is 4.33. The van der Waals surface area contributed by atoms with Crippen LogP contribution in [0.25, 0.3) is 0 Å². The van der Waals surface area contributed by atoms with E-state index in [4.69, 9.17) is 4.74 Å². The van der Waals surface area contributed by atoms with Crippen LogP contribution in [0.1, 0.15) is 38.3 Å². The Balaban J connectivity index is 2.24. The smallest absolute Gasteiger partial charge is 0.146 e. The van der Waals surface area contributed by atoms with Gasteiger partial charge in [-0.1, -0.05) is 13.8 Å². The third-order valence-electron chi connectivity index (χ3n) is 2.57. The van der Waals surface area contributed by atoms with Gasteiger partial charge in [-0.25, -0.2) is 0 Å². The molecular formula is C12H18N2O. The van der Waals surface area contributed by atoms with Gasteiger partial charge in [-0.3, -0.25) is 4.98 Å². The minimum atomic E-state index is 0.430. The summed E-state index contributed by atoms with van der Waals surface area (Å²) in [6, 6.07) is 2.05. The first-order valence-corrected chi connectivity index (χ1v) is 5.55. The molecule has 1 fully saturated rings. The van der Waals surface area contributed by atoms with Gasteiger partial charge in [-0.2, -0.15) is 0 Å². The summed E-state index contributed by atoms with van der Waals surface area (Å²) in [5, 5.41) is 3.11. The molecule has 2 rings (SSSR count). The Hall–Kier alpha value is -1.25. The molecule has 0 atom stereocenters. The molecule has 0 saturated heterocycles. The molecule has 1 aliphatic carbocycles. The van der Waals surface area contributed by atoms with Crippen LogP contribution in [0.2, 0.25) is 0 Å². The highest BCUT2D eigenvalue weighted by Crippen LogP contribution is 2.32. The normalized spacial score (nSPS) is 15.5. The van der Waals surface area contributed by atoms with Gasteiger partial charge in [0.1, 0.15) is 5.75 Å². The van der Waals surface area contributed by atoms with E-state index in [-0.39, 0.29) is 0 Å². The molecule has 1 aromatic rings. The van der Waals surface area contributed by atoms with Crippen LogP contribution in [0.4, 0.5) is 5.69 Å². The second-order valence-corrected chi connectivity index (χ2v) is 4.33. The topological polar surface area (TPSA) is 34.2 Å². The fourth-order valence-electron chi connectivity index (χ4n) is 1.42. The molecule has 1 heterocycles. The van der Waals surface area contributed by atoms with Gasteiger partial charge in [0.2, 0.25) is 0 Å². The van der Waals surface area contributed by atoms with Crippen molar-refractivity contribution in [1.82, 2.24) is 4.98 Å². The van der Waals surface area contributed by atoms with Crippen LogP contribution >= 0.6 is 0 Å². The highest BCUT2D eigenvalue weighted by atomic mass is 16.5. The molecule has 3 nitrogen and oxygen atoms in total. The molecule has 3 heteroatoms. The molecule has 0 amide bonds. The number of nitrogens with zero attached hydrogens (tertiary/aromatic N) is 1. The zero-order chi connectivity index (χ0) is 10.8. The zero-order valence-corrected chi connectivity index (χ0v) is 9.58. The van der Waals surface area contributed by atoms with Crippen LogP contribution in [-0.4, -0.2) is 18.1 Å². The summed E-state index contributed by atoms with van der Waals surface area (Å²) < 4.78 is 5.84. The van der Waals surface area contributed by atoms with Crippen LogP contribution in [0.5, 0.6) is 5.75 Å². The van der Waals surface area contributed by atoms with Crippen LogP contribution in [0.15, 0.2) is 12.3 Å². The van der Waals surface area contributed by atoms with Gasteiger partial charge >= 0.3 is 0 Å².